The number of hydrogen-bond donors (Lipinski definition) is 1. The molecule has 3 aliphatic heterocycles. The lowest BCUT2D eigenvalue weighted by molar-refractivity contribution is -0.341. The SMILES string of the molecule is CC1C2(C)OC(=N)C(C#N)(C(c3ccco3)O2)C1(C#N)C#N. The Morgan fingerprint density at radius 3 is 2.41 bits per heavy atom. The molecule has 0 aliphatic carbocycles. The molecule has 0 saturated carbocycles. The van der Waals surface area contributed by atoms with Crippen molar-refractivity contribution in [3.05, 3.63) is 24.2 Å². The highest BCUT2D eigenvalue weighted by atomic mass is 16.7. The minimum Gasteiger partial charge on any atom is -0.467 e. The van der Waals surface area contributed by atoms with Crippen molar-refractivity contribution in [2.24, 2.45) is 16.7 Å². The molecule has 0 radical (unpaired) electrons. The normalized spacial score (nSPS) is 38.4. The fourth-order valence-corrected chi connectivity index (χ4v) is 3.36. The van der Waals surface area contributed by atoms with Crippen LogP contribution in [-0.2, 0) is 9.47 Å². The number of furan rings is 1. The molecule has 2 bridgehead atoms. The molecular formula is C15H12N4O3. The Morgan fingerprint density at radius 1 is 1.23 bits per heavy atom. The maximum Gasteiger partial charge on any atom is 0.215 e. The molecular weight excluding hydrogens is 284 g/mol. The number of ether oxygens (including phenoxy) is 2. The molecule has 1 aromatic heterocycles. The van der Waals surface area contributed by atoms with Gasteiger partial charge in [0.25, 0.3) is 0 Å². The van der Waals surface area contributed by atoms with E-state index in [4.69, 9.17) is 19.3 Å². The van der Waals surface area contributed by atoms with E-state index in [1.54, 1.807) is 26.0 Å². The molecule has 4 atom stereocenters. The van der Waals surface area contributed by atoms with Crippen LogP contribution in [0.25, 0.3) is 0 Å². The number of fused-ring (bicyclic) bond motifs is 3. The predicted molar refractivity (Wildman–Crippen MR) is 70.6 cm³/mol. The third kappa shape index (κ3) is 1.24. The van der Waals surface area contributed by atoms with Crippen molar-refractivity contribution < 1.29 is 13.9 Å². The van der Waals surface area contributed by atoms with E-state index in [0.29, 0.717) is 0 Å². The summed E-state index contributed by atoms with van der Waals surface area (Å²) in [6, 6.07) is 9.08. The second-order valence-electron chi connectivity index (χ2n) is 5.63. The van der Waals surface area contributed by atoms with Gasteiger partial charge in [0.2, 0.25) is 11.7 Å². The van der Waals surface area contributed by atoms with Crippen LogP contribution in [0.4, 0.5) is 0 Å². The van der Waals surface area contributed by atoms with Crippen molar-refractivity contribution in [1.82, 2.24) is 0 Å². The third-order valence-electron chi connectivity index (χ3n) is 4.80. The fourth-order valence-electron chi connectivity index (χ4n) is 3.36. The summed E-state index contributed by atoms with van der Waals surface area (Å²) in [5.74, 6) is -2.25. The zero-order chi connectivity index (χ0) is 16.2. The average molecular weight is 296 g/mol. The summed E-state index contributed by atoms with van der Waals surface area (Å²) in [7, 11) is 0. The molecule has 0 amide bonds. The van der Waals surface area contributed by atoms with Crippen LogP contribution < -0.4 is 0 Å². The van der Waals surface area contributed by atoms with Gasteiger partial charge in [-0.25, -0.2) is 0 Å². The second-order valence-corrected chi connectivity index (χ2v) is 5.63. The maximum atomic E-state index is 9.81. The topological polar surface area (TPSA) is 127 Å². The number of nitriles is 3. The van der Waals surface area contributed by atoms with Crippen molar-refractivity contribution in [2.75, 3.05) is 0 Å². The predicted octanol–water partition coefficient (Wildman–Crippen LogP) is 2.25. The maximum absolute atomic E-state index is 9.81. The zero-order valence-corrected chi connectivity index (χ0v) is 12.0. The minimum atomic E-state index is -1.88. The Bertz CT molecular complexity index is 752. The van der Waals surface area contributed by atoms with Crippen molar-refractivity contribution >= 4 is 5.90 Å². The van der Waals surface area contributed by atoms with Crippen LogP contribution in [0.5, 0.6) is 0 Å². The largest absolute Gasteiger partial charge is 0.467 e. The van der Waals surface area contributed by atoms with E-state index in [-0.39, 0.29) is 5.76 Å². The Hall–Kier alpha value is -2.82. The van der Waals surface area contributed by atoms with E-state index in [1.165, 1.54) is 6.26 Å². The first kappa shape index (κ1) is 14.1. The molecule has 0 spiro atoms. The highest BCUT2D eigenvalue weighted by Crippen LogP contribution is 2.66. The van der Waals surface area contributed by atoms with Crippen LogP contribution in [0.1, 0.15) is 25.7 Å². The van der Waals surface area contributed by atoms with Gasteiger partial charge in [-0.1, -0.05) is 6.92 Å². The first-order valence-electron chi connectivity index (χ1n) is 6.65. The lowest BCUT2D eigenvalue weighted by Gasteiger charge is -2.60. The van der Waals surface area contributed by atoms with Crippen LogP contribution in [0.15, 0.2) is 22.8 Å². The van der Waals surface area contributed by atoms with Crippen LogP contribution >= 0.6 is 0 Å². The summed E-state index contributed by atoms with van der Waals surface area (Å²) >= 11 is 0. The van der Waals surface area contributed by atoms with E-state index in [1.807, 2.05) is 18.2 Å². The monoisotopic (exact) mass is 296 g/mol. The zero-order valence-electron chi connectivity index (χ0n) is 12.0. The summed E-state index contributed by atoms with van der Waals surface area (Å²) in [5, 5.41) is 37.4. The Balaban J connectivity index is 2.35. The van der Waals surface area contributed by atoms with Crippen molar-refractivity contribution in [2.45, 2.75) is 25.7 Å². The lowest BCUT2D eigenvalue weighted by Crippen LogP contribution is -2.71. The standard InChI is InChI=1S/C15H12N4O3/c1-9-13(2)21-11(10-4-3-5-20-10)15(8-18,12(19)22-13)14(9,6-16)7-17/h3-5,9,11,19H,1-2H3. The molecule has 1 N–H and O–H groups in total. The van der Waals surface area contributed by atoms with Gasteiger partial charge in [-0.3, -0.25) is 5.41 Å². The molecule has 0 aromatic carbocycles. The van der Waals surface area contributed by atoms with E-state index in [9.17, 15) is 15.8 Å². The summed E-state index contributed by atoms with van der Waals surface area (Å²) in [6.07, 6.45) is 0.345. The first-order chi connectivity index (χ1) is 10.4. The van der Waals surface area contributed by atoms with Crippen LogP contribution in [0.3, 0.4) is 0 Å². The summed E-state index contributed by atoms with van der Waals surface area (Å²) in [6.45, 7) is 3.18. The van der Waals surface area contributed by atoms with Gasteiger partial charge in [0, 0.05) is 6.92 Å². The van der Waals surface area contributed by atoms with E-state index >= 15 is 0 Å². The third-order valence-corrected chi connectivity index (χ3v) is 4.80. The number of nitrogens with one attached hydrogen (secondary N) is 1. The highest BCUT2D eigenvalue weighted by Gasteiger charge is 2.78. The second kappa shape index (κ2) is 4.10. The van der Waals surface area contributed by atoms with Gasteiger partial charge in [0.05, 0.1) is 30.4 Å². The molecule has 1 aromatic rings. The van der Waals surface area contributed by atoms with Crippen LogP contribution in [-0.4, -0.2) is 11.7 Å². The molecule has 3 fully saturated rings. The molecule has 4 heterocycles. The average Bonchev–Trinajstić information content (AvgIpc) is 3.03. The van der Waals surface area contributed by atoms with Gasteiger partial charge in [0.1, 0.15) is 11.9 Å². The van der Waals surface area contributed by atoms with Gasteiger partial charge >= 0.3 is 0 Å². The summed E-state index contributed by atoms with van der Waals surface area (Å²) in [5.41, 5.74) is -3.66. The molecule has 7 heteroatoms. The lowest BCUT2D eigenvalue weighted by atomic mass is 9.51. The van der Waals surface area contributed by atoms with Gasteiger partial charge in [-0.05, 0) is 12.1 Å². The Morgan fingerprint density at radius 2 is 1.91 bits per heavy atom. The quantitative estimate of drug-likeness (QED) is 0.846. The van der Waals surface area contributed by atoms with E-state index in [0.717, 1.165) is 0 Å². The molecule has 3 saturated heterocycles. The van der Waals surface area contributed by atoms with Crippen LogP contribution in [0, 0.1) is 56.2 Å². The molecule has 4 unspecified atom stereocenters. The van der Waals surface area contributed by atoms with Gasteiger partial charge in [0.15, 0.2) is 10.8 Å². The fraction of sp³-hybridized carbons (Fsp3) is 0.467. The molecule has 4 rings (SSSR count). The van der Waals surface area contributed by atoms with E-state index in [2.05, 4.69) is 0 Å². The molecule has 7 nitrogen and oxygen atoms in total. The van der Waals surface area contributed by atoms with Gasteiger partial charge < -0.3 is 13.9 Å². The molecule has 22 heavy (non-hydrogen) atoms. The highest BCUT2D eigenvalue weighted by molar-refractivity contribution is 5.88. The van der Waals surface area contributed by atoms with Crippen molar-refractivity contribution in [1.29, 1.82) is 21.2 Å². The number of nitrogens with zero attached hydrogens (tertiary/aromatic N) is 3. The first-order valence-corrected chi connectivity index (χ1v) is 6.65. The van der Waals surface area contributed by atoms with E-state index < -0.39 is 34.5 Å². The molecule has 3 aliphatic rings. The molecule has 110 valence electrons. The van der Waals surface area contributed by atoms with Gasteiger partial charge in [-0.2, -0.15) is 15.8 Å². The smallest absolute Gasteiger partial charge is 0.215 e. The van der Waals surface area contributed by atoms with Crippen LogP contribution in [0.2, 0.25) is 0 Å². The van der Waals surface area contributed by atoms with Gasteiger partial charge in [-0.15, -0.1) is 0 Å². The Kier molecular flexibility index (Phi) is 2.63. The number of rotatable bonds is 1. The number of hydrogen-bond acceptors (Lipinski definition) is 7. The summed E-state index contributed by atoms with van der Waals surface area (Å²) < 4.78 is 16.6. The Labute approximate surface area is 126 Å². The minimum absolute atomic E-state index is 0.280. The summed E-state index contributed by atoms with van der Waals surface area (Å²) in [4.78, 5) is 0. The van der Waals surface area contributed by atoms with Crippen molar-refractivity contribution in [3.8, 4) is 18.2 Å². The van der Waals surface area contributed by atoms with Crippen molar-refractivity contribution in [3.63, 3.8) is 0 Å².